The van der Waals surface area contributed by atoms with E-state index in [4.69, 9.17) is 5.11 Å². The van der Waals surface area contributed by atoms with Crippen molar-refractivity contribution >= 4 is 11.9 Å². The van der Waals surface area contributed by atoms with Crippen molar-refractivity contribution in [1.82, 2.24) is 10.2 Å². The number of carbonyl (C=O) groups excluding carboxylic acids is 1. The quantitative estimate of drug-likeness (QED) is 0.791. The Morgan fingerprint density at radius 3 is 2.77 bits per heavy atom. The molecule has 2 N–H and O–H groups in total. The summed E-state index contributed by atoms with van der Waals surface area (Å²) >= 11 is 0. The highest BCUT2D eigenvalue weighted by Crippen LogP contribution is 2.31. The van der Waals surface area contributed by atoms with Crippen LogP contribution >= 0.6 is 0 Å². The fraction of sp³-hybridized carbons (Fsp3) is 0.412. The Morgan fingerprint density at radius 2 is 2.14 bits per heavy atom. The molecular formula is C17H22N2O3. The van der Waals surface area contributed by atoms with Gasteiger partial charge in [-0.1, -0.05) is 36.4 Å². The molecule has 2 rings (SSSR count). The number of hydrogen-bond acceptors (Lipinski definition) is 3. The first-order valence-corrected chi connectivity index (χ1v) is 7.43. The Balaban J connectivity index is 2.11. The van der Waals surface area contributed by atoms with E-state index in [1.165, 1.54) is 5.56 Å². The number of piperidine rings is 1. The molecule has 1 atom stereocenters. The Bertz CT molecular complexity index is 544. The minimum Gasteiger partial charge on any atom is -0.465 e. The van der Waals surface area contributed by atoms with E-state index in [0.29, 0.717) is 25.9 Å². The second-order valence-electron chi connectivity index (χ2n) is 5.80. The summed E-state index contributed by atoms with van der Waals surface area (Å²) in [4.78, 5) is 25.4. The first kappa shape index (κ1) is 16.2. The number of rotatable bonds is 6. The Kier molecular flexibility index (Phi) is 5.33. The molecule has 1 amide bonds. The lowest BCUT2D eigenvalue weighted by molar-refractivity contribution is -0.133. The number of likely N-dealkylation sites (tertiary alicyclic amines) is 1. The van der Waals surface area contributed by atoms with Crippen molar-refractivity contribution in [1.29, 1.82) is 0 Å². The molecule has 1 aromatic rings. The predicted molar refractivity (Wildman–Crippen MR) is 84.6 cm³/mol. The van der Waals surface area contributed by atoms with Crippen LogP contribution in [0, 0.1) is 5.41 Å². The predicted octanol–water partition coefficient (Wildman–Crippen LogP) is 2.29. The topological polar surface area (TPSA) is 69.6 Å². The third-order valence-electron chi connectivity index (χ3n) is 4.13. The van der Waals surface area contributed by atoms with Crippen LogP contribution in [0.1, 0.15) is 18.4 Å². The van der Waals surface area contributed by atoms with Crippen molar-refractivity contribution in [2.45, 2.75) is 19.4 Å². The molecule has 22 heavy (non-hydrogen) atoms. The average molecular weight is 302 g/mol. The van der Waals surface area contributed by atoms with Crippen LogP contribution in [0.15, 0.2) is 43.0 Å². The van der Waals surface area contributed by atoms with Crippen molar-refractivity contribution in [3.05, 3.63) is 48.6 Å². The molecule has 1 fully saturated rings. The fourth-order valence-electron chi connectivity index (χ4n) is 3.02. The van der Waals surface area contributed by atoms with E-state index in [-0.39, 0.29) is 12.3 Å². The maximum absolute atomic E-state index is 12.4. The van der Waals surface area contributed by atoms with Gasteiger partial charge in [-0.25, -0.2) is 4.79 Å². The summed E-state index contributed by atoms with van der Waals surface area (Å²) in [5.41, 5.74) is 0.489. The summed E-state index contributed by atoms with van der Waals surface area (Å²) in [6.45, 7) is 5.88. The van der Waals surface area contributed by atoms with Gasteiger partial charge in [0, 0.05) is 32.6 Å². The van der Waals surface area contributed by atoms with Crippen LogP contribution in [0.2, 0.25) is 0 Å². The van der Waals surface area contributed by atoms with Gasteiger partial charge in [-0.2, -0.15) is 0 Å². The standard InChI is InChI=1S/C17H22N2O3/c1-2-9-17(12-18-16(21)22)13-19(10-8-15(17)20)11-14-6-4-3-5-7-14/h2-7,18H,1,8-13H2,(H,21,22). The van der Waals surface area contributed by atoms with Gasteiger partial charge in [-0.15, -0.1) is 6.58 Å². The second kappa shape index (κ2) is 7.22. The van der Waals surface area contributed by atoms with Gasteiger partial charge in [0.2, 0.25) is 0 Å². The van der Waals surface area contributed by atoms with Gasteiger partial charge in [0.1, 0.15) is 5.78 Å². The van der Waals surface area contributed by atoms with Gasteiger partial charge >= 0.3 is 6.09 Å². The third-order valence-corrected chi connectivity index (χ3v) is 4.13. The van der Waals surface area contributed by atoms with Crippen LogP contribution < -0.4 is 5.32 Å². The van der Waals surface area contributed by atoms with E-state index in [2.05, 4.69) is 28.9 Å². The number of hydrogen-bond donors (Lipinski definition) is 2. The number of benzene rings is 1. The smallest absolute Gasteiger partial charge is 0.404 e. The SMILES string of the molecule is C=CCC1(CNC(=O)O)CN(Cc2ccccc2)CCC1=O. The summed E-state index contributed by atoms with van der Waals surface area (Å²) in [5.74, 6) is 0.116. The van der Waals surface area contributed by atoms with Crippen molar-refractivity contribution in [3.63, 3.8) is 0 Å². The molecule has 1 aromatic carbocycles. The zero-order valence-electron chi connectivity index (χ0n) is 12.6. The summed E-state index contributed by atoms with van der Waals surface area (Å²) in [6, 6.07) is 10.1. The first-order chi connectivity index (χ1) is 10.6. The highest BCUT2D eigenvalue weighted by Gasteiger charge is 2.41. The molecule has 0 aromatic heterocycles. The van der Waals surface area contributed by atoms with Crippen LogP contribution in [0.25, 0.3) is 0 Å². The van der Waals surface area contributed by atoms with Gasteiger partial charge in [0.05, 0.1) is 5.41 Å². The van der Waals surface area contributed by atoms with Crippen molar-refractivity contribution in [3.8, 4) is 0 Å². The number of allylic oxidation sites excluding steroid dienone is 1. The number of nitrogens with zero attached hydrogens (tertiary/aromatic N) is 1. The largest absolute Gasteiger partial charge is 0.465 e. The highest BCUT2D eigenvalue weighted by molar-refractivity contribution is 5.87. The van der Waals surface area contributed by atoms with Crippen LogP contribution in [0.5, 0.6) is 0 Å². The summed E-state index contributed by atoms with van der Waals surface area (Å²) in [6.07, 6.45) is 1.53. The average Bonchev–Trinajstić information content (AvgIpc) is 2.50. The molecule has 1 aliphatic rings. The van der Waals surface area contributed by atoms with Crippen LogP contribution in [0.3, 0.4) is 0 Å². The van der Waals surface area contributed by atoms with Crippen molar-refractivity contribution in [2.24, 2.45) is 5.41 Å². The number of nitrogens with one attached hydrogen (secondary N) is 1. The maximum Gasteiger partial charge on any atom is 0.404 e. The van der Waals surface area contributed by atoms with Gasteiger partial charge in [0.25, 0.3) is 0 Å². The molecular weight excluding hydrogens is 280 g/mol. The maximum atomic E-state index is 12.4. The van der Waals surface area contributed by atoms with E-state index in [1.807, 2.05) is 18.2 Å². The van der Waals surface area contributed by atoms with Crippen LogP contribution in [-0.4, -0.2) is 41.5 Å². The number of carboxylic acid groups (broad SMARTS) is 1. The van der Waals surface area contributed by atoms with E-state index in [1.54, 1.807) is 6.08 Å². The zero-order chi connectivity index (χ0) is 16.0. The van der Waals surface area contributed by atoms with Gasteiger partial charge in [-0.3, -0.25) is 9.69 Å². The monoisotopic (exact) mass is 302 g/mol. The molecule has 0 spiro atoms. The minimum absolute atomic E-state index is 0.116. The molecule has 1 aliphatic heterocycles. The molecule has 0 radical (unpaired) electrons. The van der Waals surface area contributed by atoms with Gasteiger partial charge < -0.3 is 10.4 Å². The Morgan fingerprint density at radius 1 is 1.41 bits per heavy atom. The molecule has 1 heterocycles. The normalized spacial score (nSPS) is 22.3. The zero-order valence-corrected chi connectivity index (χ0v) is 12.6. The second-order valence-corrected chi connectivity index (χ2v) is 5.80. The fourth-order valence-corrected chi connectivity index (χ4v) is 3.02. The summed E-state index contributed by atoms with van der Waals surface area (Å²) < 4.78 is 0. The molecule has 5 nitrogen and oxygen atoms in total. The molecule has 1 unspecified atom stereocenters. The van der Waals surface area contributed by atoms with Crippen LogP contribution in [-0.2, 0) is 11.3 Å². The lowest BCUT2D eigenvalue weighted by Crippen LogP contribution is -2.54. The molecule has 5 heteroatoms. The lowest BCUT2D eigenvalue weighted by Gasteiger charge is -2.41. The summed E-state index contributed by atoms with van der Waals surface area (Å²) in [7, 11) is 0. The number of carbonyl (C=O) groups is 2. The van der Waals surface area contributed by atoms with Crippen molar-refractivity contribution in [2.75, 3.05) is 19.6 Å². The molecule has 118 valence electrons. The number of amides is 1. The molecule has 0 bridgehead atoms. The molecule has 0 saturated carbocycles. The van der Waals surface area contributed by atoms with E-state index >= 15 is 0 Å². The highest BCUT2D eigenvalue weighted by atomic mass is 16.4. The van der Waals surface area contributed by atoms with Crippen LogP contribution in [0.4, 0.5) is 4.79 Å². The minimum atomic E-state index is -1.10. The molecule has 0 aliphatic carbocycles. The number of Topliss-reactive ketones (excluding diaryl/α,β-unsaturated/α-hetero) is 1. The van der Waals surface area contributed by atoms with E-state index in [0.717, 1.165) is 6.54 Å². The Labute approximate surface area is 130 Å². The lowest BCUT2D eigenvalue weighted by atomic mass is 9.75. The van der Waals surface area contributed by atoms with Gasteiger partial charge in [-0.05, 0) is 12.0 Å². The number of ketones is 1. The molecule has 1 saturated heterocycles. The van der Waals surface area contributed by atoms with E-state index in [9.17, 15) is 9.59 Å². The Hall–Kier alpha value is -2.14. The van der Waals surface area contributed by atoms with Crippen molar-refractivity contribution < 1.29 is 14.7 Å². The summed E-state index contributed by atoms with van der Waals surface area (Å²) in [5, 5.41) is 11.2. The first-order valence-electron chi connectivity index (χ1n) is 7.43. The van der Waals surface area contributed by atoms with E-state index < -0.39 is 11.5 Å². The van der Waals surface area contributed by atoms with Gasteiger partial charge in [0.15, 0.2) is 0 Å². The third kappa shape index (κ3) is 3.95.